The van der Waals surface area contributed by atoms with E-state index < -0.39 is 11.6 Å². The molecule has 3 saturated heterocycles. The largest absolute Gasteiger partial charge is 0.353 e. The van der Waals surface area contributed by atoms with Crippen molar-refractivity contribution in [3.63, 3.8) is 0 Å². The number of piperazine rings is 1. The van der Waals surface area contributed by atoms with Crippen molar-refractivity contribution in [3.05, 3.63) is 47.7 Å². The van der Waals surface area contributed by atoms with E-state index in [0.717, 1.165) is 43.4 Å². The minimum Gasteiger partial charge on any atom is -0.353 e. The number of aromatic nitrogens is 3. The van der Waals surface area contributed by atoms with Crippen LogP contribution >= 0.6 is 0 Å². The Labute approximate surface area is 133 Å². The van der Waals surface area contributed by atoms with Gasteiger partial charge in [0.25, 0.3) is 0 Å². The number of fused-ring (bicyclic) bond motifs is 2. The third-order valence-electron chi connectivity index (χ3n) is 4.65. The molecule has 2 atom stereocenters. The van der Waals surface area contributed by atoms with Gasteiger partial charge >= 0.3 is 0 Å². The molecular formula is C16H17F2N5. The maximum atomic E-state index is 13.8. The Bertz CT molecular complexity index is 726. The number of anilines is 1. The molecule has 0 aliphatic carbocycles. The first-order valence-electron chi connectivity index (χ1n) is 7.70. The standard InChI is InChI=1S/C16H17F2N5/c1-10-19-3-2-16(21-10)22-7-12-5-13(8-22)23(12)9-15-14(18)4-11(17)6-20-15/h2-4,6,12-13H,5,7-9H2,1H3. The SMILES string of the molecule is Cc1nccc(N2CC3CC(C2)N3Cc2ncc(F)cc2F)n1. The second-order valence-electron chi connectivity index (χ2n) is 6.16. The van der Waals surface area contributed by atoms with E-state index in [2.05, 4.69) is 24.8 Å². The minimum absolute atomic E-state index is 0.312. The summed E-state index contributed by atoms with van der Waals surface area (Å²) in [7, 11) is 0. The Kier molecular flexibility index (Phi) is 3.45. The van der Waals surface area contributed by atoms with Crippen molar-refractivity contribution < 1.29 is 8.78 Å². The molecule has 3 fully saturated rings. The van der Waals surface area contributed by atoms with Crippen LogP contribution in [0.2, 0.25) is 0 Å². The number of halogens is 2. The second kappa shape index (κ2) is 5.49. The van der Waals surface area contributed by atoms with E-state index in [1.54, 1.807) is 6.20 Å². The Balaban J connectivity index is 1.45. The van der Waals surface area contributed by atoms with Crippen molar-refractivity contribution in [2.24, 2.45) is 0 Å². The van der Waals surface area contributed by atoms with Crippen LogP contribution in [0.4, 0.5) is 14.6 Å². The normalized spacial score (nSPS) is 23.7. The monoisotopic (exact) mass is 317 g/mol. The Morgan fingerprint density at radius 3 is 2.70 bits per heavy atom. The molecule has 0 saturated carbocycles. The number of aryl methyl sites for hydroxylation is 1. The van der Waals surface area contributed by atoms with E-state index in [9.17, 15) is 8.78 Å². The van der Waals surface area contributed by atoms with Gasteiger partial charge in [0, 0.05) is 44.0 Å². The highest BCUT2D eigenvalue weighted by Crippen LogP contribution is 2.35. The third-order valence-corrected chi connectivity index (χ3v) is 4.65. The predicted molar refractivity (Wildman–Crippen MR) is 80.9 cm³/mol. The molecule has 2 unspecified atom stereocenters. The van der Waals surface area contributed by atoms with Gasteiger partial charge in [-0.15, -0.1) is 0 Å². The molecule has 0 aromatic carbocycles. The van der Waals surface area contributed by atoms with Crippen molar-refractivity contribution in [2.75, 3.05) is 18.0 Å². The summed E-state index contributed by atoms with van der Waals surface area (Å²) in [6.07, 6.45) is 3.95. The van der Waals surface area contributed by atoms with Gasteiger partial charge in [0.15, 0.2) is 0 Å². The van der Waals surface area contributed by atoms with Crippen LogP contribution in [0.5, 0.6) is 0 Å². The molecule has 5 heterocycles. The van der Waals surface area contributed by atoms with E-state index >= 15 is 0 Å². The van der Waals surface area contributed by atoms with Crippen molar-refractivity contribution in [2.45, 2.75) is 32.0 Å². The zero-order chi connectivity index (χ0) is 16.0. The molecule has 5 rings (SSSR count). The summed E-state index contributed by atoms with van der Waals surface area (Å²) in [6, 6.07) is 3.53. The molecule has 5 nitrogen and oxygen atoms in total. The summed E-state index contributed by atoms with van der Waals surface area (Å²) in [6.45, 7) is 4.02. The lowest BCUT2D eigenvalue weighted by Crippen LogP contribution is -2.68. The fourth-order valence-electron chi connectivity index (χ4n) is 3.48. The van der Waals surface area contributed by atoms with Crippen molar-refractivity contribution in [1.82, 2.24) is 19.9 Å². The van der Waals surface area contributed by atoms with Crippen molar-refractivity contribution in [3.8, 4) is 0 Å². The molecule has 7 heteroatoms. The molecule has 0 N–H and O–H groups in total. The van der Waals surface area contributed by atoms with Gasteiger partial charge < -0.3 is 4.90 Å². The van der Waals surface area contributed by atoms with Crippen LogP contribution < -0.4 is 4.90 Å². The number of hydrogen-bond donors (Lipinski definition) is 0. The molecule has 120 valence electrons. The number of rotatable bonds is 3. The van der Waals surface area contributed by atoms with Crippen LogP contribution in [-0.2, 0) is 6.54 Å². The van der Waals surface area contributed by atoms with Crippen molar-refractivity contribution >= 4 is 5.82 Å². The molecule has 3 aliphatic heterocycles. The van der Waals surface area contributed by atoms with Gasteiger partial charge in [0.1, 0.15) is 23.3 Å². The van der Waals surface area contributed by atoms with E-state index in [1.807, 2.05) is 13.0 Å². The number of hydrogen-bond acceptors (Lipinski definition) is 5. The van der Waals surface area contributed by atoms with Crippen LogP contribution in [0.3, 0.4) is 0 Å². The summed E-state index contributed by atoms with van der Waals surface area (Å²) in [4.78, 5) is 17.0. The lowest BCUT2D eigenvalue weighted by Gasteiger charge is -2.56. The number of piperidine rings is 1. The van der Waals surface area contributed by atoms with E-state index in [0.29, 0.717) is 24.3 Å². The highest BCUT2D eigenvalue weighted by molar-refractivity contribution is 5.40. The molecule has 0 radical (unpaired) electrons. The smallest absolute Gasteiger partial charge is 0.148 e. The second-order valence-corrected chi connectivity index (χ2v) is 6.16. The maximum Gasteiger partial charge on any atom is 0.148 e. The van der Waals surface area contributed by atoms with Crippen LogP contribution in [0, 0.1) is 18.6 Å². The predicted octanol–water partition coefficient (Wildman–Crippen LogP) is 1.92. The van der Waals surface area contributed by atoms with Gasteiger partial charge in [-0.25, -0.2) is 18.7 Å². The van der Waals surface area contributed by atoms with Gasteiger partial charge in [-0.1, -0.05) is 0 Å². The highest BCUT2D eigenvalue weighted by atomic mass is 19.1. The maximum absolute atomic E-state index is 13.8. The van der Waals surface area contributed by atoms with Gasteiger partial charge in [-0.05, 0) is 19.4 Å². The highest BCUT2D eigenvalue weighted by Gasteiger charge is 2.45. The van der Waals surface area contributed by atoms with Crippen LogP contribution in [0.25, 0.3) is 0 Å². The zero-order valence-corrected chi connectivity index (χ0v) is 12.8. The van der Waals surface area contributed by atoms with Gasteiger partial charge in [0.05, 0.1) is 11.9 Å². The first-order valence-corrected chi connectivity index (χ1v) is 7.70. The minimum atomic E-state index is -0.639. The quantitative estimate of drug-likeness (QED) is 0.865. The summed E-state index contributed by atoms with van der Waals surface area (Å²) in [5, 5.41) is 0. The molecule has 23 heavy (non-hydrogen) atoms. The fraction of sp³-hybridized carbons (Fsp3) is 0.438. The van der Waals surface area contributed by atoms with E-state index in [-0.39, 0.29) is 0 Å². The topological polar surface area (TPSA) is 45.2 Å². The molecule has 2 bridgehead atoms. The van der Waals surface area contributed by atoms with E-state index in [4.69, 9.17) is 0 Å². The Hall–Kier alpha value is -2.15. The molecule has 2 aromatic heterocycles. The van der Waals surface area contributed by atoms with Gasteiger partial charge in [0.2, 0.25) is 0 Å². The first kappa shape index (κ1) is 14.4. The summed E-state index contributed by atoms with van der Waals surface area (Å²) in [5.41, 5.74) is 0.312. The lowest BCUT2D eigenvalue weighted by atomic mass is 9.87. The summed E-state index contributed by atoms with van der Waals surface area (Å²) in [5.74, 6) is 0.493. The van der Waals surface area contributed by atoms with Crippen molar-refractivity contribution in [1.29, 1.82) is 0 Å². The molecule has 3 aliphatic rings. The van der Waals surface area contributed by atoms with Gasteiger partial charge in [-0.2, -0.15) is 0 Å². The summed E-state index contributed by atoms with van der Waals surface area (Å²) < 4.78 is 26.7. The van der Waals surface area contributed by atoms with Gasteiger partial charge in [-0.3, -0.25) is 9.88 Å². The number of nitrogens with zero attached hydrogens (tertiary/aromatic N) is 5. The third kappa shape index (κ3) is 2.65. The van der Waals surface area contributed by atoms with Crippen LogP contribution in [-0.4, -0.2) is 45.0 Å². The molecule has 2 aromatic rings. The molecular weight excluding hydrogens is 300 g/mol. The number of pyridine rings is 1. The van der Waals surface area contributed by atoms with Crippen LogP contribution in [0.1, 0.15) is 17.9 Å². The van der Waals surface area contributed by atoms with Crippen LogP contribution in [0.15, 0.2) is 24.5 Å². The summed E-state index contributed by atoms with van der Waals surface area (Å²) >= 11 is 0. The molecule has 0 spiro atoms. The lowest BCUT2D eigenvalue weighted by molar-refractivity contribution is -0.0106. The average Bonchev–Trinajstić information content (AvgIpc) is 2.54. The molecule has 0 amide bonds. The Morgan fingerprint density at radius 1 is 1.22 bits per heavy atom. The first-order chi connectivity index (χ1) is 11.1. The zero-order valence-electron chi connectivity index (χ0n) is 12.8. The fourth-order valence-corrected chi connectivity index (χ4v) is 3.48. The Morgan fingerprint density at radius 2 is 2.00 bits per heavy atom. The van der Waals surface area contributed by atoms with E-state index in [1.165, 1.54) is 0 Å². The average molecular weight is 317 g/mol.